The van der Waals surface area contributed by atoms with Gasteiger partial charge in [-0.1, -0.05) is 60.7 Å². The predicted molar refractivity (Wildman–Crippen MR) is 114 cm³/mol. The molecule has 4 nitrogen and oxygen atoms in total. The number of anilines is 1. The van der Waals surface area contributed by atoms with Crippen molar-refractivity contribution in [3.63, 3.8) is 0 Å². The lowest BCUT2D eigenvalue weighted by atomic mass is 9.55. The number of amides is 2. The Morgan fingerprint density at radius 3 is 1.60 bits per heavy atom. The fraction of sp³-hybridized carbons (Fsp3) is 0.231. The summed E-state index contributed by atoms with van der Waals surface area (Å²) >= 11 is 0. The molecule has 0 spiro atoms. The Bertz CT molecular complexity index is 1080. The fourth-order valence-corrected chi connectivity index (χ4v) is 5.83. The number of carbonyl (C=O) groups is 2. The van der Waals surface area contributed by atoms with Gasteiger partial charge in [-0.05, 0) is 41.3 Å². The second-order valence-corrected chi connectivity index (χ2v) is 8.18. The van der Waals surface area contributed by atoms with Crippen LogP contribution in [0.3, 0.4) is 0 Å². The standard InChI is InChI=1S/C26H21NO3/c1-2-30-20-14-8-7-13-19(20)27-25(28)23-21-15-9-3-4-10-16(15)22(24(23)26(27)29)18-12-6-5-11-17(18)21/h3-14,21-24H,2H2,1H3/t21?,22?,23-,24-/m1/s1. The molecule has 2 atom stereocenters. The summed E-state index contributed by atoms with van der Waals surface area (Å²) in [6, 6.07) is 23.9. The maximum Gasteiger partial charge on any atom is 0.238 e. The largest absolute Gasteiger partial charge is 0.492 e. The van der Waals surface area contributed by atoms with Crippen LogP contribution in [0.25, 0.3) is 0 Å². The van der Waals surface area contributed by atoms with E-state index in [4.69, 9.17) is 4.74 Å². The van der Waals surface area contributed by atoms with E-state index in [0.29, 0.717) is 18.0 Å². The molecule has 0 unspecified atom stereocenters. The average Bonchev–Trinajstić information content (AvgIpc) is 3.05. The summed E-state index contributed by atoms with van der Waals surface area (Å²) in [5.41, 5.74) is 5.29. The van der Waals surface area contributed by atoms with E-state index < -0.39 is 0 Å². The van der Waals surface area contributed by atoms with Crippen LogP contribution in [0.15, 0.2) is 72.8 Å². The lowest BCUT2D eigenvalue weighted by molar-refractivity contribution is -0.122. The molecule has 2 bridgehead atoms. The minimum Gasteiger partial charge on any atom is -0.492 e. The Balaban J connectivity index is 1.55. The summed E-state index contributed by atoms with van der Waals surface area (Å²) in [5.74, 6) is -0.583. The lowest BCUT2D eigenvalue weighted by Crippen LogP contribution is -2.41. The van der Waals surface area contributed by atoms with Crippen molar-refractivity contribution in [1.29, 1.82) is 0 Å². The topological polar surface area (TPSA) is 46.6 Å². The fourth-order valence-electron chi connectivity index (χ4n) is 5.83. The highest BCUT2D eigenvalue weighted by Crippen LogP contribution is 2.61. The summed E-state index contributed by atoms with van der Waals surface area (Å²) < 4.78 is 5.75. The zero-order valence-electron chi connectivity index (χ0n) is 16.6. The number of carbonyl (C=O) groups excluding carboxylic acids is 2. The van der Waals surface area contributed by atoms with Crippen LogP contribution in [-0.2, 0) is 9.59 Å². The molecule has 0 radical (unpaired) electrons. The zero-order chi connectivity index (χ0) is 20.4. The van der Waals surface area contributed by atoms with E-state index in [1.807, 2.05) is 49.4 Å². The first-order valence-electron chi connectivity index (χ1n) is 10.5. The molecule has 3 aliphatic carbocycles. The predicted octanol–water partition coefficient (Wildman–Crippen LogP) is 4.48. The minimum absolute atomic E-state index is 0.0897. The maximum atomic E-state index is 13.8. The lowest BCUT2D eigenvalue weighted by Gasteiger charge is -2.45. The normalized spacial score (nSPS) is 25.7. The number of hydrogen-bond donors (Lipinski definition) is 0. The third kappa shape index (κ3) is 2.11. The number of imide groups is 1. The van der Waals surface area contributed by atoms with Crippen LogP contribution in [0, 0.1) is 11.8 Å². The van der Waals surface area contributed by atoms with Gasteiger partial charge in [-0.15, -0.1) is 0 Å². The monoisotopic (exact) mass is 395 g/mol. The number of rotatable bonds is 3. The molecule has 7 rings (SSSR count). The van der Waals surface area contributed by atoms with Gasteiger partial charge in [0.2, 0.25) is 11.8 Å². The van der Waals surface area contributed by atoms with E-state index in [1.165, 1.54) is 27.2 Å². The highest BCUT2D eigenvalue weighted by Gasteiger charge is 2.62. The van der Waals surface area contributed by atoms with Gasteiger partial charge in [0, 0.05) is 11.8 Å². The van der Waals surface area contributed by atoms with E-state index in [1.54, 1.807) is 6.07 Å². The molecule has 1 aliphatic heterocycles. The Hall–Kier alpha value is -3.40. The molecule has 1 heterocycles. The molecular formula is C26H21NO3. The number of benzene rings is 3. The number of ether oxygens (including phenoxy) is 1. The molecule has 0 aromatic heterocycles. The molecule has 1 fully saturated rings. The SMILES string of the molecule is CCOc1ccccc1N1C(=O)[C@@H]2C3c4ccccc4C(c4ccccc43)[C@H]2C1=O. The first-order valence-corrected chi connectivity index (χ1v) is 10.5. The number of nitrogens with zero attached hydrogens (tertiary/aromatic N) is 1. The van der Waals surface area contributed by atoms with Crippen molar-refractivity contribution < 1.29 is 14.3 Å². The van der Waals surface area contributed by atoms with Crippen molar-refractivity contribution in [2.24, 2.45) is 11.8 Å². The van der Waals surface area contributed by atoms with Gasteiger partial charge >= 0.3 is 0 Å². The molecule has 3 aromatic carbocycles. The Morgan fingerprint density at radius 2 is 1.13 bits per heavy atom. The Labute approximate surface area is 175 Å². The van der Waals surface area contributed by atoms with Crippen molar-refractivity contribution in [3.05, 3.63) is 95.1 Å². The van der Waals surface area contributed by atoms with Gasteiger partial charge in [-0.3, -0.25) is 9.59 Å². The van der Waals surface area contributed by atoms with Crippen LogP contribution < -0.4 is 9.64 Å². The van der Waals surface area contributed by atoms with E-state index in [-0.39, 0.29) is 35.5 Å². The zero-order valence-corrected chi connectivity index (χ0v) is 16.6. The summed E-state index contributed by atoms with van der Waals surface area (Å²) in [5, 5.41) is 0. The minimum atomic E-state index is -0.373. The summed E-state index contributed by atoms with van der Waals surface area (Å²) in [4.78, 5) is 28.9. The molecule has 4 heteroatoms. The van der Waals surface area contributed by atoms with Gasteiger partial charge in [0.25, 0.3) is 0 Å². The highest BCUT2D eigenvalue weighted by molar-refractivity contribution is 6.24. The quantitative estimate of drug-likeness (QED) is 0.614. The second-order valence-electron chi connectivity index (χ2n) is 8.18. The number of para-hydroxylation sites is 2. The third-order valence-corrected chi connectivity index (χ3v) is 6.85. The highest BCUT2D eigenvalue weighted by atomic mass is 16.5. The molecular weight excluding hydrogens is 374 g/mol. The first kappa shape index (κ1) is 17.5. The summed E-state index contributed by atoms with van der Waals surface area (Å²) in [6.07, 6.45) is 0. The van der Waals surface area contributed by atoms with Crippen molar-refractivity contribution in [2.75, 3.05) is 11.5 Å². The first-order chi connectivity index (χ1) is 14.7. The van der Waals surface area contributed by atoms with E-state index >= 15 is 0 Å². The molecule has 148 valence electrons. The van der Waals surface area contributed by atoms with Crippen LogP contribution in [0.2, 0.25) is 0 Å². The van der Waals surface area contributed by atoms with Crippen molar-refractivity contribution in [3.8, 4) is 5.75 Å². The summed E-state index contributed by atoms with van der Waals surface area (Å²) in [6.45, 7) is 2.37. The number of hydrogen-bond acceptors (Lipinski definition) is 3. The molecule has 0 saturated carbocycles. The van der Waals surface area contributed by atoms with Gasteiger partial charge in [0.15, 0.2) is 0 Å². The van der Waals surface area contributed by atoms with Gasteiger partial charge in [-0.25, -0.2) is 4.90 Å². The average molecular weight is 395 g/mol. The Morgan fingerprint density at radius 1 is 0.700 bits per heavy atom. The molecule has 1 saturated heterocycles. The van der Waals surface area contributed by atoms with Crippen LogP contribution in [0.5, 0.6) is 5.75 Å². The van der Waals surface area contributed by atoms with Gasteiger partial charge in [0.05, 0.1) is 24.1 Å². The van der Waals surface area contributed by atoms with Gasteiger partial charge < -0.3 is 4.74 Å². The molecule has 30 heavy (non-hydrogen) atoms. The Kier molecular flexibility index (Phi) is 3.66. The van der Waals surface area contributed by atoms with Crippen LogP contribution in [-0.4, -0.2) is 18.4 Å². The van der Waals surface area contributed by atoms with E-state index in [2.05, 4.69) is 24.3 Å². The van der Waals surface area contributed by atoms with E-state index in [0.717, 1.165) is 0 Å². The van der Waals surface area contributed by atoms with Crippen LogP contribution in [0.1, 0.15) is 41.0 Å². The van der Waals surface area contributed by atoms with Crippen LogP contribution in [0.4, 0.5) is 5.69 Å². The smallest absolute Gasteiger partial charge is 0.238 e. The molecule has 3 aromatic rings. The van der Waals surface area contributed by atoms with Crippen molar-refractivity contribution >= 4 is 17.5 Å². The van der Waals surface area contributed by atoms with Crippen LogP contribution >= 0.6 is 0 Å². The van der Waals surface area contributed by atoms with Crippen molar-refractivity contribution in [2.45, 2.75) is 18.8 Å². The third-order valence-electron chi connectivity index (χ3n) is 6.85. The second kappa shape index (κ2) is 6.30. The maximum absolute atomic E-state index is 13.8. The van der Waals surface area contributed by atoms with Crippen molar-refractivity contribution in [1.82, 2.24) is 0 Å². The molecule has 0 N–H and O–H groups in total. The van der Waals surface area contributed by atoms with Gasteiger partial charge in [-0.2, -0.15) is 0 Å². The van der Waals surface area contributed by atoms with E-state index in [9.17, 15) is 9.59 Å². The molecule has 4 aliphatic rings. The molecule has 2 amide bonds. The summed E-state index contributed by atoms with van der Waals surface area (Å²) in [7, 11) is 0. The van der Waals surface area contributed by atoms with Gasteiger partial charge in [0.1, 0.15) is 5.75 Å².